The molecule has 3 rings (SSSR count). The third-order valence-electron chi connectivity index (χ3n) is 3.55. The Morgan fingerprint density at radius 2 is 2.00 bits per heavy atom. The van der Waals surface area contributed by atoms with Crippen molar-refractivity contribution in [3.8, 4) is 0 Å². The number of anilines is 2. The first kappa shape index (κ1) is 14.4. The predicted octanol–water partition coefficient (Wildman–Crippen LogP) is 3.53. The van der Waals surface area contributed by atoms with Crippen LogP contribution in [0.1, 0.15) is 11.1 Å². The van der Waals surface area contributed by atoms with Crippen molar-refractivity contribution < 1.29 is 8.42 Å². The molecule has 6 heteroatoms. The van der Waals surface area contributed by atoms with Crippen LogP contribution in [0, 0.1) is 6.92 Å². The van der Waals surface area contributed by atoms with Crippen LogP contribution in [0.15, 0.2) is 45.8 Å². The highest BCUT2D eigenvalue weighted by Gasteiger charge is 2.19. The minimum Gasteiger partial charge on any atom is -0.384 e. The average Bonchev–Trinajstić information content (AvgIpc) is 2.90. The smallest absolute Gasteiger partial charge is 0.261 e. The summed E-state index contributed by atoms with van der Waals surface area (Å²) in [4.78, 5) is 0.273. The lowest BCUT2D eigenvalue weighted by Crippen LogP contribution is -2.14. The summed E-state index contributed by atoms with van der Waals surface area (Å²) in [5.74, 6) is 0. The molecule has 0 unspecified atom stereocenters. The van der Waals surface area contributed by atoms with Gasteiger partial charge in [-0.25, -0.2) is 8.42 Å². The van der Waals surface area contributed by atoms with E-state index in [4.69, 9.17) is 0 Å². The number of aryl methyl sites for hydroxylation is 1. The van der Waals surface area contributed by atoms with Crippen LogP contribution in [0.25, 0.3) is 0 Å². The Hall–Kier alpha value is -1.53. The molecule has 0 aromatic heterocycles. The fourth-order valence-electron chi connectivity index (χ4n) is 2.34. The standard InChI is InChI=1S/C15H15BrN2O2S/c1-10-2-4-12(16)8-14(10)18-21(19,20)13-5-3-11-6-7-17-15(11)9-13/h2-5,8-9,17-18H,6-7H2,1H3. The van der Waals surface area contributed by atoms with Crippen molar-refractivity contribution in [2.45, 2.75) is 18.2 Å². The minimum absolute atomic E-state index is 0.273. The van der Waals surface area contributed by atoms with Crippen molar-refractivity contribution in [1.82, 2.24) is 0 Å². The number of sulfonamides is 1. The van der Waals surface area contributed by atoms with E-state index in [1.807, 2.05) is 25.1 Å². The molecule has 0 saturated carbocycles. The third-order valence-corrected chi connectivity index (χ3v) is 5.40. The number of nitrogens with one attached hydrogen (secondary N) is 2. The Morgan fingerprint density at radius 3 is 2.81 bits per heavy atom. The molecule has 1 heterocycles. The van der Waals surface area contributed by atoms with E-state index in [1.165, 1.54) is 0 Å². The summed E-state index contributed by atoms with van der Waals surface area (Å²) in [6.07, 6.45) is 0.938. The molecule has 2 N–H and O–H groups in total. The first-order chi connectivity index (χ1) is 9.95. The summed E-state index contributed by atoms with van der Waals surface area (Å²) in [5, 5.41) is 3.20. The summed E-state index contributed by atoms with van der Waals surface area (Å²) in [6.45, 7) is 2.73. The van der Waals surface area contributed by atoms with Gasteiger partial charge >= 0.3 is 0 Å². The maximum absolute atomic E-state index is 12.5. The molecule has 0 amide bonds. The predicted molar refractivity (Wildman–Crippen MR) is 88.3 cm³/mol. The van der Waals surface area contributed by atoms with Crippen molar-refractivity contribution >= 4 is 37.3 Å². The van der Waals surface area contributed by atoms with Gasteiger partial charge in [-0.1, -0.05) is 28.1 Å². The fraction of sp³-hybridized carbons (Fsp3) is 0.200. The Labute approximate surface area is 132 Å². The van der Waals surface area contributed by atoms with E-state index in [1.54, 1.807) is 18.2 Å². The van der Waals surface area contributed by atoms with Crippen LogP contribution in [0.3, 0.4) is 0 Å². The van der Waals surface area contributed by atoms with Gasteiger partial charge in [-0.05, 0) is 48.7 Å². The zero-order valence-electron chi connectivity index (χ0n) is 11.5. The Kier molecular flexibility index (Phi) is 3.67. The molecule has 21 heavy (non-hydrogen) atoms. The lowest BCUT2D eigenvalue weighted by atomic mass is 10.2. The summed E-state index contributed by atoms with van der Waals surface area (Å²) in [5.41, 5.74) is 3.52. The molecule has 1 aliphatic heterocycles. The first-order valence-electron chi connectivity index (χ1n) is 6.61. The maximum atomic E-state index is 12.5. The second-order valence-electron chi connectivity index (χ2n) is 5.06. The monoisotopic (exact) mass is 366 g/mol. The molecule has 4 nitrogen and oxygen atoms in total. The van der Waals surface area contributed by atoms with Crippen LogP contribution in [0.2, 0.25) is 0 Å². The lowest BCUT2D eigenvalue weighted by Gasteiger charge is -2.12. The molecule has 0 saturated heterocycles. The van der Waals surface area contributed by atoms with Crippen LogP contribution >= 0.6 is 15.9 Å². The van der Waals surface area contributed by atoms with Gasteiger partial charge in [-0.15, -0.1) is 0 Å². The van der Waals surface area contributed by atoms with Gasteiger partial charge in [-0.3, -0.25) is 4.72 Å². The second-order valence-corrected chi connectivity index (χ2v) is 7.66. The topological polar surface area (TPSA) is 58.2 Å². The number of hydrogen-bond acceptors (Lipinski definition) is 3. The van der Waals surface area contributed by atoms with Crippen molar-refractivity contribution in [2.75, 3.05) is 16.6 Å². The molecule has 0 radical (unpaired) electrons. The Balaban J connectivity index is 1.95. The summed E-state index contributed by atoms with van der Waals surface area (Å²) in [6, 6.07) is 10.7. The number of hydrogen-bond donors (Lipinski definition) is 2. The second kappa shape index (κ2) is 5.35. The van der Waals surface area contributed by atoms with E-state index in [0.29, 0.717) is 5.69 Å². The summed E-state index contributed by atoms with van der Waals surface area (Å²) in [7, 11) is -3.58. The molecular weight excluding hydrogens is 352 g/mol. The molecule has 0 spiro atoms. The summed E-state index contributed by atoms with van der Waals surface area (Å²) < 4.78 is 28.5. The van der Waals surface area contributed by atoms with Crippen molar-refractivity contribution in [3.63, 3.8) is 0 Å². The SMILES string of the molecule is Cc1ccc(Br)cc1NS(=O)(=O)c1ccc2c(c1)NCC2. The van der Waals surface area contributed by atoms with Gasteiger partial charge in [0.25, 0.3) is 10.0 Å². The van der Waals surface area contributed by atoms with Gasteiger partial charge in [0.05, 0.1) is 10.6 Å². The molecule has 0 aliphatic carbocycles. The number of benzene rings is 2. The third kappa shape index (κ3) is 2.91. The van der Waals surface area contributed by atoms with Crippen molar-refractivity contribution in [1.29, 1.82) is 0 Å². The van der Waals surface area contributed by atoms with Gasteiger partial charge in [0, 0.05) is 16.7 Å². The van der Waals surface area contributed by atoms with Crippen LogP contribution in [0.4, 0.5) is 11.4 Å². The van der Waals surface area contributed by atoms with Gasteiger partial charge < -0.3 is 5.32 Å². The van der Waals surface area contributed by atoms with Crippen LogP contribution in [-0.2, 0) is 16.4 Å². The molecule has 2 aromatic carbocycles. The van der Waals surface area contributed by atoms with E-state index in [-0.39, 0.29) is 4.90 Å². The highest BCUT2D eigenvalue weighted by molar-refractivity contribution is 9.10. The highest BCUT2D eigenvalue weighted by atomic mass is 79.9. The molecular formula is C15H15BrN2O2S. The Bertz CT molecular complexity index is 803. The molecule has 0 bridgehead atoms. The molecule has 2 aromatic rings. The van der Waals surface area contributed by atoms with Crippen molar-refractivity contribution in [3.05, 3.63) is 52.0 Å². The van der Waals surface area contributed by atoms with Gasteiger partial charge in [0.15, 0.2) is 0 Å². The minimum atomic E-state index is -3.58. The van der Waals surface area contributed by atoms with E-state index in [9.17, 15) is 8.42 Å². The van der Waals surface area contributed by atoms with E-state index < -0.39 is 10.0 Å². The number of rotatable bonds is 3. The zero-order valence-corrected chi connectivity index (χ0v) is 13.9. The van der Waals surface area contributed by atoms with Crippen LogP contribution in [-0.4, -0.2) is 15.0 Å². The van der Waals surface area contributed by atoms with Gasteiger partial charge in [-0.2, -0.15) is 0 Å². The highest BCUT2D eigenvalue weighted by Crippen LogP contribution is 2.28. The quantitative estimate of drug-likeness (QED) is 0.873. The lowest BCUT2D eigenvalue weighted by molar-refractivity contribution is 0.601. The normalized spacial score (nSPS) is 13.6. The maximum Gasteiger partial charge on any atom is 0.261 e. The van der Waals surface area contributed by atoms with E-state index in [2.05, 4.69) is 26.0 Å². The van der Waals surface area contributed by atoms with E-state index >= 15 is 0 Å². The van der Waals surface area contributed by atoms with Crippen LogP contribution in [0.5, 0.6) is 0 Å². The Morgan fingerprint density at radius 1 is 1.19 bits per heavy atom. The van der Waals surface area contributed by atoms with Crippen molar-refractivity contribution in [2.24, 2.45) is 0 Å². The summed E-state index contributed by atoms with van der Waals surface area (Å²) >= 11 is 3.36. The first-order valence-corrected chi connectivity index (χ1v) is 8.89. The average molecular weight is 367 g/mol. The van der Waals surface area contributed by atoms with E-state index in [0.717, 1.165) is 34.3 Å². The number of fused-ring (bicyclic) bond motifs is 1. The molecule has 110 valence electrons. The van der Waals surface area contributed by atoms with Gasteiger partial charge in [0.1, 0.15) is 0 Å². The van der Waals surface area contributed by atoms with Crippen LogP contribution < -0.4 is 10.0 Å². The largest absolute Gasteiger partial charge is 0.384 e. The molecule has 1 aliphatic rings. The fourth-order valence-corrected chi connectivity index (χ4v) is 3.85. The van der Waals surface area contributed by atoms with Gasteiger partial charge in [0.2, 0.25) is 0 Å². The molecule has 0 atom stereocenters. The number of halogens is 1. The molecule has 0 fully saturated rings. The zero-order chi connectivity index (χ0) is 15.0.